The average molecular weight is 276 g/mol. The van der Waals surface area contributed by atoms with Gasteiger partial charge in [-0.2, -0.15) is 0 Å². The van der Waals surface area contributed by atoms with Gasteiger partial charge in [-0.15, -0.1) is 0 Å². The number of nitrogens with one attached hydrogen (secondary N) is 2. The molecule has 2 N–H and O–H groups in total. The number of benzene rings is 2. The third-order valence-electron chi connectivity index (χ3n) is 2.83. The number of carbonyl (C=O) groups excluding carboxylic acids is 1. The number of rotatable bonds is 4. The number of hydrogen-bond donors (Lipinski definition) is 2. The summed E-state index contributed by atoms with van der Waals surface area (Å²) < 4.78 is 25.9. The SMILES string of the molecule is CNC(=O)c1cccc(NCc2ccc(F)c(F)c2)c1. The maximum absolute atomic E-state index is 13.1. The molecule has 0 bridgehead atoms. The van der Waals surface area contributed by atoms with Gasteiger partial charge in [0.05, 0.1) is 0 Å². The fraction of sp³-hybridized carbons (Fsp3) is 0.133. The summed E-state index contributed by atoms with van der Waals surface area (Å²) in [4.78, 5) is 11.5. The van der Waals surface area contributed by atoms with Gasteiger partial charge in [-0.25, -0.2) is 8.78 Å². The number of halogens is 2. The van der Waals surface area contributed by atoms with Crippen LogP contribution in [0.2, 0.25) is 0 Å². The van der Waals surface area contributed by atoms with Crippen LogP contribution in [0.3, 0.4) is 0 Å². The summed E-state index contributed by atoms with van der Waals surface area (Å²) in [5.74, 6) is -1.92. The highest BCUT2D eigenvalue weighted by molar-refractivity contribution is 5.94. The topological polar surface area (TPSA) is 41.1 Å². The molecule has 2 aromatic rings. The molecular weight excluding hydrogens is 262 g/mol. The van der Waals surface area contributed by atoms with Crippen molar-refractivity contribution in [1.82, 2.24) is 5.32 Å². The van der Waals surface area contributed by atoms with Crippen LogP contribution in [0.4, 0.5) is 14.5 Å². The lowest BCUT2D eigenvalue weighted by Crippen LogP contribution is -2.17. The zero-order chi connectivity index (χ0) is 14.5. The molecule has 104 valence electrons. The van der Waals surface area contributed by atoms with Crippen molar-refractivity contribution in [3.63, 3.8) is 0 Å². The molecule has 2 aromatic carbocycles. The molecule has 0 saturated carbocycles. The number of amides is 1. The molecule has 0 atom stereocenters. The van der Waals surface area contributed by atoms with Crippen LogP contribution in [0.1, 0.15) is 15.9 Å². The summed E-state index contributed by atoms with van der Waals surface area (Å²) in [6, 6.07) is 10.7. The van der Waals surface area contributed by atoms with E-state index in [1.807, 2.05) is 0 Å². The van der Waals surface area contributed by atoms with Crippen LogP contribution in [-0.2, 0) is 6.54 Å². The summed E-state index contributed by atoms with van der Waals surface area (Å²) in [6.45, 7) is 0.342. The second kappa shape index (κ2) is 6.14. The monoisotopic (exact) mass is 276 g/mol. The fourth-order valence-corrected chi connectivity index (χ4v) is 1.77. The third-order valence-corrected chi connectivity index (χ3v) is 2.83. The van der Waals surface area contributed by atoms with Crippen molar-refractivity contribution >= 4 is 11.6 Å². The minimum Gasteiger partial charge on any atom is -0.381 e. The molecule has 2 rings (SSSR count). The molecule has 0 aromatic heterocycles. The van der Waals surface area contributed by atoms with E-state index in [0.29, 0.717) is 17.7 Å². The van der Waals surface area contributed by atoms with Crippen molar-refractivity contribution in [2.24, 2.45) is 0 Å². The van der Waals surface area contributed by atoms with Crippen LogP contribution in [-0.4, -0.2) is 13.0 Å². The molecule has 0 aliphatic heterocycles. The standard InChI is InChI=1S/C15H14F2N2O/c1-18-15(20)11-3-2-4-12(8-11)19-9-10-5-6-13(16)14(17)7-10/h2-8,19H,9H2,1H3,(H,18,20). The lowest BCUT2D eigenvalue weighted by atomic mass is 10.1. The normalized spacial score (nSPS) is 10.2. The van der Waals surface area contributed by atoms with E-state index in [4.69, 9.17) is 0 Å². The second-order valence-corrected chi connectivity index (χ2v) is 4.26. The number of anilines is 1. The maximum atomic E-state index is 13.1. The van der Waals surface area contributed by atoms with Crippen molar-refractivity contribution in [2.45, 2.75) is 6.54 Å². The Labute approximate surface area is 115 Å². The summed E-state index contributed by atoms with van der Waals surface area (Å²) in [7, 11) is 1.56. The van der Waals surface area contributed by atoms with Crippen LogP contribution < -0.4 is 10.6 Å². The van der Waals surface area contributed by atoms with Gasteiger partial charge in [-0.05, 0) is 35.9 Å². The van der Waals surface area contributed by atoms with Gasteiger partial charge >= 0.3 is 0 Å². The van der Waals surface area contributed by atoms with Crippen molar-refractivity contribution < 1.29 is 13.6 Å². The molecule has 0 saturated heterocycles. The van der Waals surface area contributed by atoms with Crippen LogP contribution in [0.25, 0.3) is 0 Å². The van der Waals surface area contributed by atoms with Crippen LogP contribution >= 0.6 is 0 Å². The first-order valence-corrected chi connectivity index (χ1v) is 6.10. The van der Waals surface area contributed by atoms with Gasteiger partial charge in [-0.1, -0.05) is 12.1 Å². The molecule has 0 spiro atoms. The highest BCUT2D eigenvalue weighted by atomic mass is 19.2. The van der Waals surface area contributed by atoms with Crippen molar-refractivity contribution in [3.8, 4) is 0 Å². The zero-order valence-electron chi connectivity index (χ0n) is 10.9. The summed E-state index contributed by atoms with van der Waals surface area (Å²) >= 11 is 0. The highest BCUT2D eigenvalue weighted by Gasteiger charge is 2.05. The molecule has 5 heteroatoms. The van der Waals surface area contributed by atoms with E-state index in [0.717, 1.165) is 17.8 Å². The Bertz CT molecular complexity index is 629. The summed E-state index contributed by atoms with van der Waals surface area (Å²) in [5.41, 5.74) is 1.88. The Morgan fingerprint density at radius 3 is 2.60 bits per heavy atom. The summed E-state index contributed by atoms with van der Waals surface area (Å²) in [6.07, 6.45) is 0. The number of hydrogen-bond acceptors (Lipinski definition) is 2. The van der Waals surface area contributed by atoms with E-state index in [1.54, 1.807) is 31.3 Å². The van der Waals surface area contributed by atoms with Crippen molar-refractivity contribution in [3.05, 3.63) is 65.2 Å². The Hall–Kier alpha value is -2.43. The second-order valence-electron chi connectivity index (χ2n) is 4.26. The first kappa shape index (κ1) is 14.0. The first-order valence-electron chi connectivity index (χ1n) is 6.10. The van der Waals surface area contributed by atoms with Gasteiger partial charge in [0.2, 0.25) is 0 Å². The Kier molecular flexibility index (Phi) is 4.30. The summed E-state index contributed by atoms with van der Waals surface area (Å²) in [5, 5.41) is 5.60. The maximum Gasteiger partial charge on any atom is 0.251 e. The molecule has 0 heterocycles. The Morgan fingerprint density at radius 2 is 1.90 bits per heavy atom. The number of carbonyl (C=O) groups is 1. The van der Waals surface area contributed by atoms with Gasteiger partial charge in [0, 0.05) is 24.8 Å². The molecule has 3 nitrogen and oxygen atoms in total. The van der Waals surface area contributed by atoms with Crippen LogP contribution in [0.15, 0.2) is 42.5 Å². The minimum absolute atomic E-state index is 0.179. The van der Waals surface area contributed by atoms with Crippen LogP contribution in [0.5, 0.6) is 0 Å². The molecule has 0 radical (unpaired) electrons. The lowest BCUT2D eigenvalue weighted by Gasteiger charge is -2.08. The van der Waals surface area contributed by atoms with E-state index in [9.17, 15) is 13.6 Å². The molecule has 0 aliphatic carbocycles. The van der Waals surface area contributed by atoms with Crippen molar-refractivity contribution in [2.75, 3.05) is 12.4 Å². The van der Waals surface area contributed by atoms with Gasteiger partial charge in [0.15, 0.2) is 11.6 Å². The highest BCUT2D eigenvalue weighted by Crippen LogP contribution is 2.14. The zero-order valence-corrected chi connectivity index (χ0v) is 10.9. The molecule has 1 amide bonds. The average Bonchev–Trinajstić information content (AvgIpc) is 2.48. The Balaban J connectivity index is 2.07. The smallest absolute Gasteiger partial charge is 0.251 e. The van der Waals surface area contributed by atoms with Gasteiger partial charge in [-0.3, -0.25) is 4.79 Å². The Morgan fingerprint density at radius 1 is 1.10 bits per heavy atom. The van der Waals surface area contributed by atoms with E-state index in [2.05, 4.69) is 10.6 Å². The first-order chi connectivity index (χ1) is 9.60. The predicted octanol–water partition coefficient (Wildman–Crippen LogP) is 2.94. The molecule has 0 fully saturated rings. The lowest BCUT2D eigenvalue weighted by molar-refractivity contribution is 0.0963. The van der Waals surface area contributed by atoms with Crippen LogP contribution in [0, 0.1) is 11.6 Å². The van der Waals surface area contributed by atoms with Gasteiger partial charge in [0.1, 0.15) is 0 Å². The molecule has 0 unspecified atom stereocenters. The molecule has 0 aliphatic rings. The van der Waals surface area contributed by atoms with Crippen molar-refractivity contribution in [1.29, 1.82) is 0 Å². The van der Waals surface area contributed by atoms with E-state index >= 15 is 0 Å². The fourth-order valence-electron chi connectivity index (χ4n) is 1.77. The van der Waals surface area contributed by atoms with E-state index in [-0.39, 0.29) is 5.91 Å². The molecular formula is C15H14F2N2O. The van der Waals surface area contributed by atoms with Gasteiger partial charge in [0.25, 0.3) is 5.91 Å². The third kappa shape index (κ3) is 3.32. The quantitative estimate of drug-likeness (QED) is 0.901. The van der Waals surface area contributed by atoms with E-state index in [1.165, 1.54) is 6.07 Å². The molecule has 20 heavy (non-hydrogen) atoms. The predicted molar refractivity (Wildman–Crippen MR) is 73.5 cm³/mol. The minimum atomic E-state index is -0.872. The van der Waals surface area contributed by atoms with Gasteiger partial charge < -0.3 is 10.6 Å². The van der Waals surface area contributed by atoms with E-state index < -0.39 is 11.6 Å². The largest absolute Gasteiger partial charge is 0.381 e.